The topological polar surface area (TPSA) is 61.9 Å². The van der Waals surface area contributed by atoms with Crippen molar-refractivity contribution in [3.8, 4) is 0 Å². The summed E-state index contributed by atoms with van der Waals surface area (Å²) in [6, 6.07) is -0.139. The second-order valence-corrected chi connectivity index (χ2v) is 7.32. The Kier molecular flexibility index (Phi) is 7.39. The van der Waals surface area contributed by atoms with Crippen molar-refractivity contribution < 1.29 is 13.2 Å². The van der Waals surface area contributed by atoms with Crippen LogP contribution in [0.4, 0.5) is 0 Å². The summed E-state index contributed by atoms with van der Waals surface area (Å²) in [6.07, 6.45) is 2.02. The average molecular weight is 307 g/mol. The third-order valence-corrected chi connectivity index (χ3v) is 6.00. The van der Waals surface area contributed by atoms with Crippen molar-refractivity contribution in [1.29, 1.82) is 0 Å². The predicted octanol–water partition coefficient (Wildman–Crippen LogP) is 0.519. The number of hydrogen-bond acceptors (Lipinski definition) is 4. The van der Waals surface area contributed by atoms with Crippen molar-refractivity contribution >= 4 is 10.2 Å². The number of ether oxygens (including phenoxy) is 1. The van der Waals surface area contributed by atoms with Crippen LogP contribution in [-0.2, 0) is 14.9 Å². The quantitative estimate of drug-likeness (QED) is 0.710. The molecule has 2 atom stereocenters. The summed E-state index contributed by atoms with van der Waals surface area (Å²) in [5.41, 5.74) is 0. The lowest BCUT2D eigenvalue weighted by Crippen LogP contribution is -2.52. The number of nitrogens with zero attached hydrogens (tertiary/aromatic N) is 2. The van der Waals surface area contributed by atoms with E-state index in [2.05, 4.69) is 5.32 Å². The highest BCUT2D eigenvalue weighted by molar-refractivity contribution is 7.86. The molecule has 120 valence electrons. The molecular weight excluding hydrogens is 278 g/mol. The third-order valence-electron chi connectivity index (χ3n) is 3.81. The van der Waals surface area contributed by atoms with E-state index in [1.165, 1.54) is 4.31 Å². The van der Waals surface area contributed by atoms with Crippen molar-refractivity contribution in [2.24, 2.45) is 5.92 Å². The summed E-state index contributed by atoms with van der Waals surface area (Å²) in [5, 5.41) is 3.14. The van der Waals surface area contributed by atoms with Gasteiger partial charge in [0.15, 0.2) is 0 Å². The molecule has 1 fully saturated rings. The minimum Gasteiger partial charge on any atom is -0.383 e. The van der Waals surface area contributed by atoms with Gasteiger partial charge < -0.3 is 10.1 Å². The Morgan fingerprint density at radius 2 is 2.20 bits per heavy atom. The summed E-state index contributed by atoms with van der Waals surface area (Å²) >= 11 is 0. The minimum absolute atomic E-state index is 0.139. The zero-order valence-electron chi connectivity index (χ0n) is 13.1. The van der Waals surface area contributed by atoms with E-state index in [1.54, 1.807) is 11.4 Å². The van der Waals surface area contributed by atoms with Crippen LogP contribution in [0.1, 0.15) is 26.7 Å². The summed E-state index contributed by atoms with van der Waals surface area (Å²) in [4.78, 5) is 0. The first-order valence-electron chi connectivity index (χ1n) is 7.37. The lowest BCUT2D eigenvalue weighted by atomic mass is 10.00. The molecule has 6 nitrogen and oxygen atoms in total. The van der Waals surface area contributed by atoms with Crippen LogP contribution in [-0.4, -0.2) is 70.0 Å². The Morgan fingerprint density at radius 1 is 1.50 bits per heavy atom. The fourth-order valence-corrected chi connectivity index (χ4v) is 4.76. The van der Waals surface area contributed by atoms with Gasteiger partial charge in [-0.25, -0.2) is 0 Å². The van der Waals surface area contributed by atoms with Crippen molar-refractivity contribution in [3.63, 3.8) is 0 Å². The van der Waals surface area contributed by atoms with Gasteiger partial charge in [-0.05, 0) is 39.3 Å². The Balaban J connectivity index is 2.79. The van der Waals surface area contributed by atoms with Crippen LogP contribution in [0.5, 0.6) is 0 Å². The summed E-state index contributed by atoms with van der Waals surface area (Å²) in [5.74, 6) is 0.403. The summed E-state index contributed by atoms with van der Waals surface area (Å²) in [6.45, 7) is 6.75. The monoisotopic (exact) mass is 307 g/mol. The molecule has 0 aromatic carbocycles. The highest BCUT2D eigenvalue weighted by Gasteiger charge is 2.34. The maximum atomic E-state index is 12.8. The van der Waals surface area contributed by atoms with Crippen LogP contribution < -0.4 is 5.32 Å². The van der Waals surface area contributed by atoms with Crippen LogP contribution in [0, 0.1) is 5.92 Å². The standard InChI is InChI=1S/C13H29N3O3S/c1-5-16(12(2)11-19-4)20(17,18)15-8-6-7-13(10-15)9-14-3/h12-14H,5-11H2,1-4H3. The van der Waals surface area contributed by atoms with Gasteiger partial charge in [0, 0.05) is 32.8 Å². The van der Waals surface area contributed by atoms with Gasteiger partial charge in [-0.2, -0.15) is 17.0 Å². The first-order valence-corrected chi connectivity index (χ1v) is 8.77. The van der Waals surface area contributed by atoms with Crippen LogP contribution in [0.3, 0.4) is 0 Å². The van der Waals surface area contributed by atoms with Crippen LogP contribution in [0.2, 0.25) is 0 Å². The van der Waals surface area contributed by atoms with Gasteiger partial charge >= 0.3 is 0 Å². The fraction of sp³-hybridized carbons (Fsp3) is 1.00. The van der Waals surface area contributed by atoms with Gasteiger partial charge in [0.25, 0.3) is 10.2 Å². The number of methoxy groups -OCH3 is 1. The van der Waals surface area contributed by atoms with E-state index in [4.69, 9.17) is 4.74 Å². The fourth-order valence-electron chi connectivity index (χ4n) is 2.87. The predicted molar refractivity (Wildman–Crippen MR) is 80.9 cm³/mol. The number of piperidine rings is 1. The molecule has 0 radical (unpaired) electrons. The number of hydrogen-bond donors (Lipinski definition) is 1. The molecule has 0 saturated carbocycles. The maximum Gasteiger partial charge on any atom is 0.282 e. The molecule has 20 heavy (non-hydrogen) atoms. The van der Waals surface area contributed by atoms with E-state index >= 15 is 0 Å². The van der Waals surface area contributed by atoms with Gasteiger partial charge in [-0.1, -0.05) is 6.92 Å². The van der Waals surface area contributed by atoms with Gasteiger partial charge in [0.2, 0.25) is 0 Å². The molecule has 0 spiro atoms. The number of rotatable bonds is 8. The average Bonchev–Trinajstić information content (AvgIpc) is 2.40. The Morgan fingerprint density at radius 3 is 2.75 bits per heavy atom. The number of likely N-dealkylation sites (N-methyl/N-ethyl adjacent to an activating group) is 1. The summed E-state index contributed by atoms with van der Waals surface area (Å²) in [7, 11) is 0.119. The molecule has 2 unspecified atom stereocenters. The zero-order chi connectivity index (χ0) is 15.2. The highest BCUT2D eigenvalue weighted by atomic mass is 32.2. The smallest absolute Gasteiger partial charge is 0.282 e. The SMILES string of the molecule is CCN(C(C)COC)S(=O)(=O)N1CCCC(CNC)C1. The highest BCUT2D eigenvalue weighted by Crippen LogP contribution is 2.22. The molecule has 0 aromatic heterocycles. The molecule has 1 N–H and O–H groups in total. The minimum atomic E-state index is -3.39. The van der Waals surface area contributed by atoms with Gasteiger partial charge in [0.05, 0.1) is 6.61 Å². The lowest BCUT2D eigenvalue weighted by molar-refractivity contribution is 0.136. The van der Waals surface area contributed by atoms with Crippen LogP contribution in [0.15, 0.2) is 0 Å². The molecule has 7 heteroatoms. The largest absolute Gasteiger partial charge is 0.383 e. The molecule has 1 rings (SSSR count). The van der Waals surface area contributed by atoms with Crippen LogP contribution in [0.25, 0.3) is 0 Å². The maximum absolute atomic E-state index is 12.8. The Bertz CT molecular complexity index is 373. The van der Waals surface area contributed by atoms with E-state index in [1.807, 2.05) is 20.9 Å². The molecule has 1 heterocycles. The second kappa shape index (κ2) is 8.29. The molecule has 0 aromatic rings. The Hall–Kier alpha value is -0.210. The van der Waals surface area contributed by atoms with E-state index in [9.17, 15) is 8.42 Å². The van der Waals surface area contributed by atoms with Crippen molar-refractivity contribution in [3.05, 3.63) is 0 Å². The van der Waals surface area contributed by atoms with E-state index in [0.29, 0.717) is 32.2 Å². The van der Waals surface area contributed by atoms with Gasteiger partial charge in [-0.3, -0.25) is 0 Å². The Labute approximate surface area is 123 Å². The van der Waals surface area contributed by atoms with Crippen LogP contribution >= 0.6 is 0 Å². The summed E-state index contributed by atoms with van der Waals surface area (Å²) < 4.78 is 33.8. The van der Waals surface area contributed by atoms with Crippen molar-refractivity contribution in [1.82, 2.24) is 13.9 Å². The molecule has 0 aliphatic carbocycles. The second-order valence-electron chi connectivity index (χ2n) is 5.44. The van der Waals surface area contributed by atoms with Crippen molar-refractivity contribution in [2.45, 2.75) is 32.7 Å². The molecule has 1 aliphatic heterocycles. The first kappa shape index (κ1) is 17.8. The third kappa shape index (κ3) is 4.39. The van der Waals surface area contributed by atoms with E-state index in [0.717, 1.165) is 19.4 Å². The van der Waals surface area contributed by atoms with E-state index in [-0.39, 0.29) is 6.04 Å². The molecule has 1 aliphatic rings. The molecule has 0 bridgehead atoms. The van der Waals surface area contributed by atoms with Crippen molar-refractivity contribution in [2.75, 3.05) is 46.9 Å². The molecule has 0 amide bonds. The van der Waals surface area contributed by atoms with Gasteiger partial charge in [-0.15, -0.1) is 0 Å². The van der Waals surface area contributed by atoms with Gasteiger partial charge in [0.1, 0.15) is 0 Å². The normalized spacial score (nSPS) is 23.1. The lowest BCUT2D eigenvalue weighted by Gasteiger charge is -2.37. The molecule has 1 saturated heterocycles. The first-order chi connectivity index (χ1) is 9.47. The zero-order valence-corrected chi connectivity index (χ0v) is 13.9. The molecular formula is C13H29N3O3S. The van der Waals surface area contributed by atoms with E-state index < -0.39 is 10.2 Å². The number of nitrogens with one attached hydrogen (secondary N) is 1.